The molecule has 1 aromatic heterocycles. The van der Waals surface area contributed by atoms with E-state index in [9.17, 15) is 9.59 Å². The predicted molar refractivity (Wildman–Crippen MR) is 72.6 cm³/mol. The zero-order valence-electron chi connectivity index (χ0n) is 11.4. The maximum Gasteiger partial charge on any atom is 0.356 e. The largest absolute Gasteiger partial charge is 0.481 e. The molecule has 1 aromatic rings. The molecular formula is C14H18N2O4. The second-order valence-corrected chi connectivity index (χ2v) is 5.20. The van der Waals surface area contributed by atoms with Crippen LogP contribution >= 0.6 is 0 Å². The van der Waals surface area contributed by atoms with Crippen LogP contribution in [0.4, 0.5) is 5.69 Å². The fourth-order valence-electron chi connectivity index (χ4n) is 2.46. The summed E-state index contributed by atoms with van der Waals surface area (Å²) in [5.74, 6) is -1.26. The van der Waals surface area contributed by atoms with Crippen molar-refractivity contribution in [2.45, 2.75) is 25.7 Å². The van der Waals surface area contributed by atoms with Gasteiger partial charge in [-0.3, -0.25) is 4.79 Å². The number of aliphatic carboxylic acids is 1. The topological polar surface area (TPSA) is 88.5 Å². The standard InChI is InChI=1S/C14H18N2O4/c1-20-13(19)11-7-10(3-6-15-11)16-9-14(4-2-5-14)8-12(17)18/h3,6-7H,2,4-5,8-9H2,1H3,(H,15,16)(H,17,18). The number of nitrogens with zero attached hydrogens (tertiary/aromatic N) is 1. The van der Waals surface area contributed by atoms with Gasteiger partial charge in [-0.25, -0.2) is 9.78 Å². The minimum Gasteiger partial charge on any atom is -0.481 e. The molecule has 1 saturated carbocycles. The first-order chi connectivity index (χ1) is 9.54. The number of rotatable bonds is 6. The predicted octanol–water partition coefficient (Wildman–Crippen LogP) is 1.93. The normalized spacial score (nSPS) is 16.1. The number of esters is 1. The third-order valence-electron chi connectivity index (χ3n) is 3.76. The molecule has 108 valence electrons. The van der Waals surface area contributed by atoms with Crippen LogP contribution in [0, 0.1) is 5.41 Å². The Morgan fingerprint density at radius 1 is 1.50 bits per heavy atom. The highest BCUT2D eigenvalue weighted by Gasteiger charge is 2.38. The lowest BCUT2D eigenvalue weighted by Gasteiger charge is -2.41. The Morgan fingerprint density at radius 2 is 2.25 bits per heavy atom. The van der Waals surface area contributed by atoms with E-state index in [0.717, 1.165) is 24.9 Å². The molecule has 0 aliphatic heterocycles. The lowest BCUT2D eigenvalue weighted by molar-refractivity contribution is -0.141. The smallest absolute Gasteiger partial charge is 0.356 e. The Hall–Kier alpha value is -2.11. The lowest BCUT2D eigenvalue weighted by Crippen LogP contribution is -2.38. The fourth-order valence-corrected chi connectivity index (χ4v) is 2.46. The average Bonchev–Trinajstić information content (AvgIpc) is 2.40. The van der Waals surface area contributed by atoms with Crippen LogP contribution in [0.15, 0.2) is 18.3 Å². The van der Waals surface area contributed by atoms with Crippen LogP contribution in [0.25, 0.3) is 0 Å². The molecule has 1 aliphatic rings. The van der Waals surface area contributed by atoms with Crippen LogP contribution in [0.1, 0.15) is 36.2 Å². The molecule has 2 rings (SSSR count). The van der Waals surface area contributed by atoms with Gasteiger partial charge in [-0.15, -0.1) is 0 Å². The molecule has 0 aromatic carbocycles. The summed E-state index contributed by atoms with van der Waals surface area (Å²) in [6, 6.07) is 3.36. The monoisotopic (exact) mass is 278 g/mol. The molecule has 0 bridgehead atoms. The van der Waals surface area contributed by atoms with Gasteiger partial charge in [0.05, 0.1) is 13.5 Å². The van der Waals surface area contributed by atoms with Crippen LogP contribution < -0.4 is 5.32 Å². The van der Waals surface area contributed by atoms with E-state index in [1.165, 1.54) is 13.3 Å². The number of carbonyl (C=O) groups excluding carboxylic acids is 1. The molecule has 0 atom stereocenters. The second kappa shape index (κ2) is 5.90. The maximum atomic E-state index is 11.4. The molecule has 1 heterocycles. The number of carboxylic acid groups (broad SMARTS) is 1. The van der Waals surface area contributed by atoms with Crippen LogP contribution in [0.3, 0.4) is 0 Å². The van der Waals surface area contributed by atoms with E-state index in [2.05, 4.69) is 15.0 Å². The van der Waals surface area contributed by atoms with Gasteiger partial charge in [-0.1, -0.05) is 6.42 Å². The van der Waals surface area contributed by atoms with Gasteiger partial charge in [0.15, 0.2) is 0 Å². The number of carbonyl (C=O) groups is 2. The third-order valence-corrected chi connectivity index (χ3v) is 3.76. The van der Waals surface area contributed by atoms with Crippen LogP contribution in [-0.2, 0) is 9.53 Å². The average molecular weight is 278 g/mol. The van der Waals surface area contributed by atoms with Crippen molar-refractivity contribution < 1.29 is 19.4 Å². The first kappa shape index (κ1) is 14.3. The molecule has 20 heavy (non-hydrogen) atoms. The van der Waals surface area contributed by atoms with Gasteiger partial charge >= 0.3 is 11.9 Å². The van der Waals surface area contributed by atoms with Crippen molar-refractivity contribution in [1.82, 2.24) is 4.98 Å². The number of ether oxygens (including phenoxy) is 1. The second-order valence-electron chi connectivity index (χ2n) is 5.20. The first-order valence-corrected chi connectivity index (χ1v) is 6.55. The highest BCUT2D eigenvalue weighted by atomic mass is 16.5. The Balaban J connectivity index is 2.00. The summed E-state index contributed by atoms with van der Waals surface area (Å²) in [5, 5.41) is 12.2. The maximum absolute atomic E-state index is 11.4. The van der Waals surface area contributed by atoms with Gasteiger partial charge in [0, 0.05) is 18.4 Å². The van der Waals surface area contributed by atoms with E-state index in [-0.39, 0.29) is 17.5 Å². The zero-order valence-corrected chi connectivity index (χ0v) is 11.4. The van der Waals surface area contributed by atoms with E-state index in [4.69, 9.17) is 5.11 Å². The number of pyridine rings is 1. The minimum absolute atomic E-state index is 0.166. The number of hydrogen-bond acceptors (Lipinski definition) is 5. The van der Waals surface area contributed by atoms with Crippen LogP contribution in [-0.4, -0.2) is 35.7 Å². The van der Waals surface area contributed by atoms with E-state index in [1.54, 1.807) is 12.1 Å². The number of hydrogen-bond donors (Lipinski definition) is 2. The lowest BCUT2D eigenvalue weighted by atomic mass is 9.66. The number of methoxy groups -OCH3 is 1. The zero-order chi connectivity index (χ0) is 14.6. The van der Waals surface area contributed by atoms with Crippen molar-refractivity contribution in [2.75, 3.05) is 19.0 Å². The summed E-state index contributed by atoms with van der Waals surface area (Å²) < 4.78 is 4.61. The van der Waals surface area contributed by atoms with Gasteiger partial charge in [0.25, 0.3) is 0 Å². The molecule has 2 N–H and O–H groups in total. The van der Waals surface area contributed by atoms with Crippen molar-refractivity contribution >= 4 is 17.6 Å². The highest BCUT2D eigenvalue weighted by molar-refractivity contribution is 5.88. The molecule has 1 fully saturated rings. The quantitative estimate of drug-likeness (QED) is 0.773. The van der Waals surface area contributed by atoms with Gasteiger partial charge in [-0.2, -0.15) is 0 Å². The van der Waals surface area contributed by atoms with E-state index in [0.29, 0.717) is 6.54 Å². The van der Waals surface area contributed by atoms with Gasteiger partial charge in [-0.05, 0) is 30.4 Å². The molecule has 0 radical (unpaired) electrons. The van der Waals surface area contributed by atoms with Crippen LogP contribution in [0.2, 0.25) is 0 Å². The van der Waals surface area contributed by atoms with E-state index >= 15 is 0 Å². The first-order valence-electron chi connectivity index (χ1n) is 6.55. The Bertz CT molecular complexity index is 512. The fraction of sp³-hybridized carbons (Fsp3) is 0.500. The molecule has 0 saturated heterocycles. The van der Waals surface area contributed by atoms with Crippen molar-refractivity contribution in [1.29, 1.82) is 0 Å². The highest BCUT2D eigenvalue weighted by Crippen LogP contribution is 2.43. The molecule has 6 nitrogen and oxygen atoms in total. The molecule has 0 unspecified atom stereocenters. The third kappa shape index (κ3) is 3.26. The van der Waals surface area contributed by atoms with Crippen molar-refractivity contribution in [3.8, 4) is 0 Å². The van der Waals surface area contributed by atoms with E-state index < -0.39 is 11.9 Å². The van der Waals surface area contributed by atoms with Crippen molar-refractivity contribution in [3.63, 3.8) is 0 Å². The summed E-state index contributed by atoms with van der Waals surface area (Å²) in [6.45, 7) is 0.587. The summed E-state index contributed by atoms with van der Waals surface area (Å²) in [5.41, 5.74) is 0.816. The number of carboxylic acids is 1. The van der Waals surface area contributed by atoms with Crippen molar-refractivity contribution in [3.05, 3.63) is 24.0 Å². The molecular weight excluding hydrogens is 260 g/mol. The number of nitrogens with one attached hydrogen (secondary N) is 1. The Kier molecular flexibility index (Phi) is 4.22. The summed E-state index contributed by atoms with van der Waals surface area (Å²) in [6.07, 6.45) is 4.61. The molecule has 6 heteroatoms. The van der Waals surface area contributed by atoms with Gasteiger partial charge < -0.3 is 15.2 Å². The SMILES string of the molecule is COC(=O)c1cc(NCC2(CC(=O)O)CCC2)ccn1. The molecule has 0 amide bonds. The Labute approximate surface area is 117 Å². The Morgan fingerprint density at radius 3 is 2.80 bits per heavy atom. The molecule has 0 spiro atoms. The number of anilines is 1. The van der Waals surface area contributed by atoms with Gasteiger partial charge in [0.2, 0.25) is 0 Å². The van der Waals surface area contributed by atoms with Crippen LogP contribution in [0.5, 0.6) is 0 Å². The minimum atomic E-state index is -0.767. The summed E-state index contributed by atoms with van der Waals surface area (Å²) in [4.78, 5) is 26.2. The van der Waals surface area contributed by atoms with Gasteiger partial charge in [0.1, 0.15) is 5.69 Å². The van der Waals surface area contributed by atoms with Crippen molar-refractivity contribution in [2.24, 2.45) is 5.41 Å². The molecule has 1 aliphatic carbocycles. The summed E-state index contributed by atoms with van der Waals surface area (Å²) >= 11 is 0. The van der Waals surface area contributed by atoms with E-state index in [1.807, 2.05) is 0 Å². The summed E-state index contributed by atoms with van der Waals surface area (Å²) in [7, 11) is 1.31. The number of aromatic nitrogens is 1.